The third-order valence-corrected chi connectivity index (χ3v) is 4.13. The minimum absolute atomic E-state index is 0.166. The SMILES string of the molecule is O=C(OCC(=O)N1CC=C(c2ccccc2)CC1)c1ccccc1F. The minimum Gasteiger partial charge on any atom is -0.452 e. The van der Waals surface area contributed by atoms with Gasteiger partial charge in [-0.15, -0.1) is 0 Å². The zero-order chi connectivity index (χ0) is 17.6. The summed E-state index contributed by atoms with van der Waals surface area (Å²) < 4.78 is 18.5. The molecule has 128 valence electrons. The molecule has 0 bridgehead atoms. The Morgan fingerprint density at radius 2 is 1.76 bits per heavy atom. The molecular weight excluding hydrogens is 321 g/mol. The molecule has 0 aromatic heterocycles. The van der Waals surface area contributed by atoms with Crippen molar-refractivity contribution in [3.05, 3.63) is 77.6 Å². The Morgan fingerprint density at radius 1 is 1.04 bits per heavy atom. The van der Waals surface area contributed by atoms with E-state index in [1.54, 1.807) is 11.0 Å². The summed E-state index contributed by atoms with van der Waals surface area (Å²) in [7, 11) is 0. The molecule has 1 aliphatic heterocycles. The standard InChI is InChI=1S/C20H18FNO3/c21-18-9-5-4-8-17(18)20(24)25-14-19(23)22-12-10-16(11-13-22)15-6-2-1-3-7-15/h1-10H,11-14H2. The number of ether oxygens (including phenoxy) is 1. The predicted octanol–water partition coefficient (Wildman–Crippen LogP) is 3.30. The lowest BCUT2D eigenvalue weighted by Gasteiger charge is -2.26. The van der Waals surface area contributed by atoms with Crippen LogP contribution in [0.2, 0.25) is 0 Å². The fourth-order valence-electron chi connectivity index (χ4n) is 2.73. The van der Waals surface area contributed by atoms with Crippen molar-refractivity contribution in [1.82, 2.24) is 4.90 Å². The van der Waals surface area contributed by atoms with E-state index in [1.165, 1.54) is 23.8 Å². The summed E-state index contributed by atoms with van der Waals surface area (Å²) in [6.07, 6.45) is 2.76. The molecule has 0 spiro atoms. The summed E-state index contributed by atoms with van der Waals surface area (Å²) in [4.78, 5) is 25.7. The fourth-order valence-corrected chi connectivity index (χ4v) is 2.73. The Balaban J connectivity index is 1.54. The number of rotatable bonds is 4. The lowest BCUT2D eigenvalue weighted by atomic mass is 10.00. The zero-order valence-electron chi connectivity index (χ0n) is 13.7. The molecule has 2 aromatic carbocycles. The molecule has 5 heteroatoms. The predicted molar refractivity (Wildman–Crippen MR) is 92.3 cm³/mol. The molecule has 1 heterocycles. The van der Waals surface area contributed by atoms with Crippen LogP contribution in [0.4, 0.5) is 4.39 Å². The van der Waals surface area contributed by atoms with Crippen molar-refractivity contribution in [2.75, 3.05) is 19.7 Å². The van der Waals surface area contributed by atoms with Gasteiger partial charge in [-0.3, -0.25) is 4.79 Å². The van der Waals surface area contributed by atoms with Gasteiger partial charge in [-0.25, -0.2) is 9.18 Å². The molecule has 25 heavy (non-hydrogen) atoms. The molecule has 1 amide bonds. The molecule has 0 saturated carbocycles. The lowest BCUT2D eigenvalue weighted by Crippen LogP contribution is -2.37. The van der Waals surface area contributed by atoms with Crippen LogP contribution >= 0.6 is 0 Å². The van der Waals surface area contributed by atoms with Crippen LogP contribution in [0, 0.1) is 5.82 Å². The van der Waals surface area contributed by atoms with Gasteiger partial charge in [0.1, 0.15) is 5.82 Å². The molecule has 2 aromatic rings. The minimum atomic E-state index is -0.830. The van der Waals surface area contributed by atoms with E-state index in [9.17, 15) is 14.0 Å². The van der Waals surface area contributed by atoms with Gasteiger partial charge in [0, 0.05) is 13.1 Å². The van der Waals surface area contributed by atoms with Crippen molar-refractivity contribution in [3.8, 4) is 0 Å². The third kappa shape index (κ3) is 4.12. The maximum absolute atomic E-state index is 13.5. The van der Waals surface area contributed by atoms with Crippen molar-refractivity contribution in [2.24, 2.45) is 0 Å². The summed E-state index contributed by atoms with van der Waals surface area (Å²) in [5, 5.41) is 0. The number of carbonyl (C=O) groups is 2. The Labute approximate surface area is 145 Å². The number of esters is 1. The summed E-state index contributed by atoms with van der Waals surface area (Å²) in [5.74, 6) is -1.77. The highest BCUT2D eigenvalue weighted by molar-refractivity contribution is 5.91. The van der Waals surface area contributed by atoms with E-state index in [-0.39, 0.29) is 18.1 Å². The molecule has 0 unspecified atom stereocenters. The molecular formula is C20H18FNO3. The van der Waals surface area contributed by atoms with Gasteiger partial charge >= 0.3 is 5.97 Å². The first-order valence-electron chi connectivity index (χ1n) is 8.09. The van der Waals surface area contributed by atoms with E-state index in [0.29, 0.717) is 13.1 Å². The third-order valence-electron chi connectivity index (χ3n) is 4.13. The number of benzene rings is 2. The summed E-state index contributed by atoms with van der Waals surface area (Å²) in [6, 6.07) is 15.6. The Kier molecular flexibility index (Phi) is 5.23. The molecule has 0 atom stereocenters. The van der Waals surface area contributed by atoms with Crippen LogP contribution in [-0.2, 0) is 9.53 Å². The second-order valence-corrected chi connectivity index (χ2v) is 5.74. The molecule has 0 saturated heterocycles. The van der Waals surface area contributed by atoms with Gasteiger partial charge in [-0.1, -0.05) is 48.5 Å². The first-order valence-corrected chi connectivity index (χ1v) is 8.09. The highest BCUT2D eigenvalue weighted by Gasteiger charge is 2.20. The number of carbonyl (C=O) groups excluding carboxylic acids is 2. The monoisotopic (exact) mass is 339 g/mol. The van der Waals surface area contributed by atoms with E-state index < -0.39 is 11.8 Å². The molecule has 0 radical (unpaired) electrons. The zero-order valence-corrected chi connectivity index (χ0v) is 13.7. The van der Waals surface area contributed by atoms with Crippen LogP contribution in [-0.4, -0.2) is 36.5 Å². The number of hydrogen-bond donors (Lipinski definition) is 0. The van der Waals surface area contributed by atoms with E-state index in [2.05, 4.69) is 0 Å². The van der Waals surface area contributed by atoms with E-state index >= 15 is 0 Å². The summed E-state index contributed by atoms with van der Waals surface area (Å²) in [5.41, 5.74) is 2.19. The van der Waals surface area contributed by atoms with Gasteiger partial charge in [-0.2, -0.15) is 0 Å². The first kappa shape index (κ1) is 16.9. The molecule has 3 rings (SSSR count). The van der Waals surface area contributed by atoms with Crippen molar-refractivity contribution in [2.45, 2.75) is 6.42 Å². The van der Waals surface area contributed by atoms with E-state index in [4.69, 9.17) is 4.74 Å². The Morgan fingerprint density at radius 3 is 2.44 bits per heavy atom. The smallest absolute Gasteiger partial charge is 0.341 e. The normalized spacial score (nSPS) is 14.0. The highest BCUT2D eigenvalue weighted by atomic mass is 19.1. The van der Waals surface area contributed by atoms with Gasteiger partial charge in [0.15, 0.2) is 6.61 Å². The van der Waals surface area contributed by atoms with E-state index in [1.807, 2.05) is 36.4 Å². The van der Waals surface area contributed by atoms with Gasteiger partial charge in [0.25, 0.3) is 5.91 Å². The molecule has 0 aliphatic carbocycles. The largest absolute Gasteiger partial charge is 0.452 e. The van der Waals surface area contributed by atoms with Crippen LogP contribution in [0.1, 0.15) is 22.3 Å². The summed E-state index contributed by atoms with van der Waals surface area (Å²) >= 11 is 0. The average Bonchev–Trinajstić information content (AvgIpc) is 2.67. The van der Waals surface area contributed by atoms with Crippen LogP contribution < -0.4 is 0 Å². The van der Waals surface area contributed by atoms with Crippen molar-refractivity contribution >= 4 is 17.4 Å². The molecule has 4 nitrogen and oxygen atoms in total. The quantitative estimate of drug-likeness (QED) is 0.803. The van der Waals surface area contributed by atoms with Gasteiger partial charge in [0.2, 0.25) is 0 Å². The lowest BCUT2D eigenvalue weighted by molar-refractivity contribution is -0.134. The second-order valence-electron chi connectivity index (χ2n) is 5.74. The molecule has 0 fully saturated rings. The van der Waals surface area contributed by atoms with E-state index in [0.717, 1.165) is 12.0 Å². The van der Waals surface area contributed by atoms with Gasteiger partial charge < -0.3 is 9.64 Å². The first-order chi connectivity index (χ1) is 12.1. The van der Waals surface area contributed by atoms with Crippen LogP contribution in [0.15, 0.2) is 60.7 Å². The van der Waals surface area contributed by atoms with Crippen LogP contribution in [0.5, 0.6) is 0 Å². The number of halogens is 1. The number of amides is 1. The van der Waals surface area contributed by atoms with Gasteiger partial charge in [-0.05, 0) is 29.7 Å². The topological polar surface area (TPSA) is 46.6 Å². The second kappa shape index (κ2) is 7.75. The number of nitrogens with zero attached hydrogens (tertiary/aromatic N) is 1. The Bertz CT molecular complexity index is 802. The molecule has 1 aliphatic rings. The van der Waals surface area contributed by atoms with Gasteiger partial charge in [0.05, 0.1) is 5.56 Å². The Hall–Kier alpha value is -2.95. The summed E-state index contributed by atoms with van der Waals surface area (Å²) in [6.45, 7) is 0.652. The van der Waals surface area contributed by atoms with Crippen molar-refractivity contribution in [1.29, 1.82) is 0 Å². The van der Waals surface area contributed by atoms with Crippen LogP contribution in [0.3, 0.4) is 0 Å². The fraction of sp³-hybridized carbons (Fsp3) is 0.200. The number of hydrogen-bond acceptors (Lipinski definition) is 3. The van der Waals surface area contributed by atoms with Crippen molar-refractivity contribution < 1.29 is 18.7 Å². The molecule has 0 N–H and O–H groups in total. The van der Waals surface area contributed by atoms with Crippen molar-refractivity contribution in [3.63, 3.8) is 0 Å². The maximum atomic E-state index is 13.5. The van der Waals surface area contributed by atoms with Crippen LogP contribution in [0.25, 0.3) is 5.57 Å². The average molecular weight is 339 g/mol. The highest BCUT2D eigenvalue weighted by Crippen LogP contribution is 2.22. The maximum Gasteiger partial charge on any atom is 0.341 e.